The summed E-state index contributed by atoms with van der Waals surface area (Å²) in [5.74, 6) is 5.06. The fourth-order valence-electron chi connectivity index (χ4n) is 0.725. The lowest BCUT2D eigenvalue weighted by molar-refractivity contribution is 1.21. The monoisotopic (exact) mass is 122 g/mol. The van der Waals surface area contributed by atoms with Gasteiger partial charge >= 0.3 is 0 Å². The minimum atomic E-state index is 0.874. The molecule has 0 aromatic carbocycles. The van der Waals surface area contributed by atoms with Gasteiger partial charge in [0.25, 0.3) is 0 Å². The standard InChI is InChI=1S/C7H10N2/c1-6-2-4-7(9-8)5-3-6/h2-4H,5,8H2,1H3. The average molecular weight is 122 g/mol. The van der Waals surface area contributed by atoms with Crippen LogP contribution in [0.5, 0.6) is 0 Å². The molecule has 0 aromatic rings. The van der Waals surface area contributed by atoms with Crippen LogP contribution in [0.1, 0.15) is 13.3 Å². The van der Waals surface area contributed by atoms with Crippen LogP contribution in [-0.4, -0.2) is 5.71 Å². The highest BCUT2D eigenvalue weighted by Gasteiger charge is 1.96. The molecule has 0 fully saturated rings. The van der Waals surface area contributed by atoms with Crippen molar-refractivity contribution < 1.29 is 0 Å². The normalized spacial score (nSPS) is 22.3. The van der Waals surface area contributed by atoms with Crippen molar-refractivity contribution in [1.82, 2.24) is 0 Å². The smallest absolute Gasteiger partial charge is 0.0638 e. The SMILES string of the molecule is CC1=CCC(=NN)C=C1. The van der Waals surface area contributed by atoms with E-state index in [9.17, 15) is 0 Å². The highest BCUT2D eigenvalue weighted by atomic mass is 15.1. The summed E-state index contributed by atoms with van der Waals surface area (Å²) in [5, 5.41) is 3.57. The molecule has 9 heavy (non-hydrogen) atoms. The topological polar surface area (TPSA) is 38.4 Å². The molecule has 2 heteroatoms. The number of rotatable bonds is 0. The van der Waals surface area contributed by atoms with E-state index in [2.05, 4.69) is 18.1 Å². The fourth-order valence-corrected chi connectivity index (χ4v) is 0.725. The molecule has 0 amide bonds. The number of nitrogens with two attached hydrogens (primary N) is 1. The maximum Gasteiger partial charge on any atom is 0.0638 e. The fraction of sp³-hybridized carbons (Fsp3) is 0.286. The highest BCUT2D eigenvalue weighted by molar-refractivity contribution is 5.97. The first-order valence-electron chi connectivity index (χ1n) is 2.94. The van der Waals surface area contributed by atoms with E-state index >= 15 is 0 Å². The van der Waals surface area contributed by atoms with Crippen LogP contribution in [0.25, 0.3) is 0 Å². The molecule has 1 aliphatic carbocycles. The van der Waals surface area contributed by atoms with E-state index in [0.717, 1.165) is 12.1 Å². The first-order valence-corrected chi connectivity index (χ1v) is 2.94. The van der Waals surface area contributed by atoms with Gasteiger partial charge in [0.2, 0.25) is 0 Å². The summed E-state index contributed by atoms with van der Waals surface area (Å²) in [6.07, 6.45) is 6.93. The van der Waals surface area contributed by atoms with Gasteiger partial charge in [0.1, 0.15) is 0 Å². The molecule has 0 aliphatic heterocycles. The molecule has 48 valence electrons. The summed E-state index contributed by atoms with van der Waals surface area (Å²) in [4.78, 5) is 0. The molecule has 0 spiro atoms. The molecule has 2 N–H and O–H groups in total. The first-order chi connectivity index (χ1) is 4.33. The van der Waals surface area contributed by atoms with E-state index in [4.69, 9.17) is 5.84 Å². The third-order valence-corrected chi connectivity index (χ3v) is 1.34. The van der Waals surface area contributed by atoms with Crippen molar-refractivity contribution in [3.8, 4) is 0 Å². The molecular weight excluding hydrogens is 112 g/mol. The lowest BCUT2D eigenvalue weighted by Crippen LogP contribution is -1.99. The van der Waals surface area contributed by atoms with Gasteiger partial charge in [-0.2, -0.15) is 5.10 Å². The lowest BCUT2D eigenvalue weighted by Gasteiger charge is -2.01. The molecule has 1 aliphatic rings. The van der Waals surface area contributed by atoms with Crippen molar-refractivity contribution in [2.24, 2.45) is 10.9 Å². The Morgan fingerprint density at radius 1 is 1.56 bits per heavy atom. The van der Waals surface area contributed by atoms with Crippen LogP contribution in [0.4, 0.5) is 0 Å². The van der Waals surface area contributed by atoms with Crippen LogP contribution in [-0.2, 0) is 0 Å². The second-order valence-electron chi connectivity index (χ2n) is 2.11. The molecule has 0 saturated carbocycles. The summed E-state index contributed by atoms with van der Waals surface area (Å²) in [7, 11) is 0. The van der Waals surface area contributed by atoms with Gasteiger partial charge in [0.15, 0.2) is 0 Å². The molecule has 0 unspecified atom stereocenters. The predicted molar refractivity (Wildman–Crippen MR) is 39.1 cm³/mol. The maximum absolute atomic E-state index is 5.06. The molecule has 0 aromatic heterocycles. The molecule has 1 rings (SSSR count). The zero-order chi connectivity index (χ0) is 6.69. The summed E-state index contributed by atoms with van der Waals surface area (Å²) in [6, 6.07) is 0. The van der Waals surface area contributed by atoms with E-state index in [0.29, 0.717) is 0 Å². The van der Waals surface area contributed by atoms with Crippen molar-refractivity contribution in [3.63, 3.8) is 0 Å². The second-order valence-corrected chi connectivity index (χ2v) is 2.11. The van der Waals surface area contributed by atoms with Crippen LogP contribution >= 0.6 is 0 Å². The van der Waals surface area contributed by atoms with Crippen molar-refractivity contribution >= 4 is 5.71 Å². The molecular formula is C7H10N2. The number of hydrogen-bond donors (Lipinski definition) is 1. The van der Waals surface area contributed by atoms with E-state index in [-0.39, 0.29) is 0 Å². The van der Waals surface area contributed by atoms with E-state index in [1.807, 2.05) is 12.2 Å². The van der Waals surface area contributed by atoms with E-state index in [1.165, 1.54) is 5.57 Å². The van der Waals surface area contributed by atoms with Crippen LogP contribution < -0.4 is 5.84 Å². The molecule has 0 radical (unpaired) electrons. The average Bonchev–Trinajstić information content (AvgIpc) is 1.90. The Kier molecular flexibility index (Phi) is 1.68. The largest absolute Gasteiger partial charge is 0.323 e. The van der Waals surface area contributed by atoms with Gasteiger partial charge in [-0.1, -0.05) is 17.7 Å². The number of hydrazone groups is 1. The maximum atomic E-state index is 5.06. The van der Waals surface area contributed by atoms with Crippen LogP contribution in [0.15, 0.2) is 28.9 Å². The Morgan fingerprint density at radius 3 is 2.78 bits per heavy atom. The Balaban J connectivity index is 2.70. The zero-order valence-electron chi connectivity index (χ0n) is 5.46. The number of allylic oxidation sites excluding steroid dienone is 4. The van der Waals surface area contributed by atoms with E-state index < -0.39 is 0 Å². The summed E-state index contributed by atoms with van der Waals surface area (Å²) in [5.41, 5.74) is 2.23. The third-order valence-electron chi connectivity index (χ3n) is 1.34. The van der Waals surface area contributed by atoms with Crippen molar-refractivity contribution in [2.45, 2.75) is 13.3 Å². The Hall–Kier alpha value is -1.05. The predicted octanol–water partition coefficient (Wildman–Crippen LogP) is 1.21. The number of hydrogen-bond acceptors (Lipinski definition) is 2. The first kappa shape index (κ1) is 6.08. The van der Waals surface area contributed by atoms with Crippen molar-refractivity contribution in [3.05, 3.63) is 23.8 Å². The lowest BCUT2D eigenvalue weighted by atomic mass is 10.1. The van der Waals surface area contributed by atoms with Crippen molar-refractivity contribution in [2.75, 3.05) is 0 Å². The van der Waals surface area contributed by atoms with Crippen molar-refractivity contribution in [1.29, 1.82) is 0 Å². The van der Waals surface area contributed by atoms with Crippen LogP contribution in [0.2, 0.25) is 0 Å². The van der Waals surface area contributed by atoms with E-state index in [1.54, 1.807) is 0 Å². The zero-order valence-corrected chi connectivity index (χ0v) is 5.46. The number of nitrogens with zero attached hydrogens (tertiary/aromatic N) is 1. The quantitative estimate of drug-likeness (QED) is 0.380. The minimum absolute atomic E-state index is 0.874. The van der Waals surface area contributed by atoms with Gasteiger partial charge in [0, 0.05) is 6.42 Å². The van der Waals surface area contributed by atoms with Crippen LogP contribution in [0, 0.1) is 0 Å². The summed E-state index contributed by atoms with van der Waals surface area (Å²) in [6.45, 7) is 2.06. The Labute approximate surface area is 54.7 Å². The van der Waals surface area contributed by atoms with Gasteiger partial charge in [-0.05, 0) is 13.0 Å². The second kappa shape index (κ2) is 2.49. The summed E-state index contributed by atoms with van der Waals surface area (Å²) < 4.78 is 0. The van der Waals surface area contributed by atoms with Crippen LogP contribution in [0.3, 0.4) is 0 Å². The minimum Gasteiger partial charge on any atom is -0.323 e. The Morgan fingerprint density at radius 2 is 2.33 bits per heavy atom. The van der Waals surface area contributed by atoms with Gasteiger partial charge < -0.3 is 5.84 Å². The molecule has 0 atom stereocenters. The van der Waals surface area contributed by atoms with Gasteiger partial charge in [-0.25, -0.2) is 0 Å². The third kappa shape index (κ3) is 1.42. The molecule has 2 nitrogen and oxygen atoms in total. The molecule has 0 heterocycles. The van der Waals surface area contributed by atoms with Gasteiger partial charge in [-0.3, -0.25) is 0 Å². The Bertz CT molecular complexity index is 187. The highest BCUT2D eigenvalue weighted by Crippen LogP contribution is 2.05. The van der Waals surface area contributed by atoms with Gasteiger partial charge in [-0.15, -0.1) is 0 Å². The summed E-state index contributed by atoms with van der Waals surface area (Å²) >= 11 is 0. The molecule has 0 bridgehead atoms. The molecule has 0 saturated heterocycles. The van der Waals surface area contributed by atoms with Gasteiger partial charge in [0.05, 0.1) is 5.71 Å².